The molecule has 3 heterocycles. The molecular formula is C22H23Cl2N9O. The molecule has 1 aromatic carbocycles. The minimum Gasteiger partial charge on any atom is -0.339 e. The molecule has 4 rings (SSSR count). The number of carbonyl (C=O) groups is 1. The van der Waals surface area contributed by atoms with Gasteiger partial charge in [-0.05, 0) is 44.2 Å². The third-order valence-corrected chi connectivity index (χ3v) is 5.73. The average molecular weight is 500 g/mol. The minimum absolute atomic E-state index is 0.274. The van der Waals surface area contributed by atoms with Crippen molar-refractivity contribution in [1.29, 1.82) is 0 Å². The maximum Gasteiger partial charge on any atom is 0.326 e. The van der Waals surface area contributed by atoms with E-state index in [2.05, 4.69) is 40.5 Å². The van der Waals surface area contributed by atoms with Crippen LogP contribution in [0.25, 0.3) is 0 Å². The van der Waals surface area contributed by atoms with Crippen LogP contribution >= 0.6 is 23.2 Å². The van der Waals surface area contributed by atoms with Crippen molar-refractivity contribution in [3.8, 4) is 0 Å². The highest BCUT2D eigenvalue weighted by Gasteiger charge is 2.23. The lowest BCUT2D eigenvalue weighted by Gasteiger charge is -2.36. The van der Waals surface area contributed by atoms with E-state index in [-0.39, 0.29) is 5.95 Å². The third-order valence-electron chi connectivity index (χ3n) is 4.99. The van der Waals surface area contributed by atoms with Crippen LogP contribution < -0.4 is 15.5 Å². The van der Waals surface area contributed by atoms with Crippen molar-refractivity contribution < 1.29 is 4.79 Å². The Hall–Kier alpha value is -3.50. The second-order valence-corrected chi connectivity index (χ2v) is 8.43. The summed E-state index contributed by atoms with van der Waals surface area (Å²) >= 11 is 12.0. The molecule has 12 heteroatoms. The molecule has 1 aliphatic rings. The Morgan fingerprint density at radius 2 is 1.65 bits per heavy atom. The molecule has 0 atom stereocenters. The van der Waals surface area contributed by atoms with Gasteiger partial charge in [0.2, 0.25) is 11.9 Å². The molecule has 0 bridgehead atoms. The van der Waals surface area contributed by atoms with Gasteiger partial charge in [0.1, 0.15) is 0 Å². The third kappa shape index (κ3) is 6.09. The summed E-state index contributed by atoms with van der Waals surface area (Å²) in [5, 5.41) is 6.33. The number of nitrogens with zero attached hydrogens (tertiary/aromatic N) is 7. The molecule has 0 aliphatic carbocycles. The van der Waals surface area contributed by atoms with Gasteiger partial charge in [-0.3, -0.25) is 5.32 Å². The van der Waals surface area contributed by atoms with Crippen LogP contribution in [0.5, 0.6) is 0 Å². The van der Waals surface area contributed by atoms with Crippen molar-refractivity contribution in [2.45, 2.75) is 13.8 Å². The molecule has 1 aliphatic heterocycles. The fourth-order valence-corrected chi connectivity index (χ4v) is 3.74. The van der Waals surface area contributed by atoms with Crippen molar-refractivity contribution in [2.24, 2.45) is 4.99 Å². The first kappa shape index (κ1) is 23.7. The highest BCUT2D eigenvalue weighted by atomic mass is 35.5. The number of amides is 2. The van der Waals surface area contributed by atoms with Gasteiger partial charge in [0.05, 0.1) is 10.0 Å². The fourth-order valence-electron chi connectivity index (χ4n) is 3.44. The Labute approximate surface area is 207 Å². The summed E-state index contributed by atoms with van der Waals surface area (Å²) < 4.78 is 0. The summed E-state index contributed by atoms with van der Waals surface area (Å²) in [5.74, 6) is 1.29. The number of aliphatic imine (C=N–C) groups is 1. The van der Waals surface area contributed by atoms with E-state index >= 15 is 0 Å². The zero-order chi connectivity index (χ0) is 24.1. The van der Waals surface area contributed by atoms with Gasteiger partial charge in [-0.1, -0.05) is 23.2 Å². The fraction of sp³-hybridized carbons (Fsp3) is 0.273. The first-order valence-electron chi connectivity index (χ1n) is 10.6. The molecule has 10 nitrogen and oxygen atoms in total. The van der Waals surface area contributed by atoms with E-state index in [1.165, 1.54) is 0 Å². The Morgan fingerprint density at radius 3 is 2.29 bits per heavy atom. The Morgan fingerprint density at radius 1 is 0.971 bits per heavy atom. The molecule has 3 aromatic rings. The number of halogens is 2. The first-order chi connectivity index (χ1) is 16.4. The largest absolute Gasteiger partial charge is 0.339 e. The standard InChI is InChI=1S/C22H23Cl2N9O/c1-14-12-15(2)28-19(27-14)30-21(31-22(34)29-16-4-5-17(23)18(24)13-16)33-10-8-32(9-11-33)20-25-6-3-7-26-20/h3-7,12-13H,8-11H2,1-2H3,(H2,27,28,29,30,31,34). The lowest BCUT2D eigenvalue weighted by atomic mass is 10.3. The number of guanidine groups is 1. The van der Waals surface area contributed by atoms with Gasteiger partial charge in [0.25, 0.3) is 5.95 Å². The number of carbonyl (C=O) groups excluding carboxylic acids is 1. The highest BCUT2D eigenvalue weighted by molar-refractivity contribution is 6.42. The number of anilines is 2. The van der Waals surface area contributed by atoms with E-state index in [9.17, 15) is 4.79 Å². The second kappa shape index (κ2) is 10.6. The molecule has 2 amide bonds. The number of hydrogen-bond donors (Lipinski definition) is 2. The van der Waals surface area contributed by atoms with Gasteiger partial charge >= 0.3 is 6.03 Å². The molecule has 0 saturated carbocycles. The number of piperazine rings is 1. The number of aromatic nitrogens is 4. The average Bonchev–Trinajstić information content (AvgIpc) is 2.81. The molecular weight excluding hydrogens is 477 g/mol. The quantitative estimate of drug-likeness (QED) is 0.416. The lowest BCUT2D eigenvalue weighted by Crippen LogP contribution is -2.54. The van der Waals surface area contributed by atoms with Crippen LogP contribution in [0.1, 0.15) is 11.4 Å². The number of nitrogens with one attached hydrogen (secondary N) is 2. The first-order valence-corrected chi connectivity index (χ1v) is 11.3. The van der Waals surface area contributed by atoms with Crippen LogP contribution in [-0.4, -0.2) is 63.0 Å². The van der Waals surface area contributed by atoms with Crippen molar-refractivity contribution >= 4 is 52.8 Å². The maximum absolute atomic E-state index is 12.8. The molecule has 0 radical (unpaired) electrons. The summed E-state index contributed by atoms with van der Waals surface area (Å²) in [4.78, 5) is 38.8. The molecule has 2 N–H and O–H groups in total. The van der Waals surface area contributed by atoms with Gasteiger partial charge in [-0.25, -0.2) is 24.7 Å². The van der Waals surface area contributed by atoms with Crippen LogP contribution in [-0.2, 0) is 0 Å². The van der Waals surface area contributed by atoms with Crippen molar-refractivity contribution in [3.05, 3.63) is 64.2 Å². The van der Waals surface area contributed by atoms with E-state index in [0.29, 0.717) is 53.8 Å². The van der Waals surface area contributed by atoms with Crippen LogP contribution in [0.4, 0.5) is 22.4 Å². The number of hydrogen-bond acceptors (Lipinski definition) is 7. The Kier molecular flexibility index (Phi) is 7.39. The Balaban J connectivity index is 1.52. The summed E-state index contributed by atoms with van der Waals surface area (Å²) in [6, 6.07) is 8.02. The smallest absolute Gasteiger partial charge is 0.326 e. The monoisotopic (exact) mass is 499 g/mol. The van der Waals surface area contributed by atoms with E-state index in [1.54, 1.807) is 36.7 Å². The van der Waals surface area contributed by atoms with E-state index in [0.717, 1.165) is 11.4 Å². The number of aryl methyl sites for hydroxylation is 2. The van der Waals surface area contributed by atoms with Gasteiger partial charge < -0.3 is 15.1 Å². The number of rotatable bonds is 3. The van der Waals surface area contributed by atoms with Crippen LogP contribution in [0, 0.1) is 13.8 Å². The van der Waals surface area contributed by atoms with Gasteiger partial charge in [0, 0.05) is 55.6 Å². The summed E-state index contributed by atoms with van der Waals surface area (Å²) in [6.45, 7) is 6.25. The summed E-state index contributed by atoms with van der Waals surface area (Å²) in [6.07, 6.45) is 3.43. The van der Waals surface area contributed by atoms with Gasteiger partial charge in [0.15, 0.2) is 0 Å². The molecule has 0 spiro atoms. The van der Waals surface area contributed by atoms with Crippen molar-refractivity contribution in [3.63, 3.8) is 0 Å². The predicted octanol–water partition coefficient (Wildman–Crippen LogP) is 3.82. The van der Waals surface area contributed by atoms with E-state index in [4.69, 9.17) is 23.2 Å². The zero-order valence-electron chi connectivity index (χ0n) is 18.7. The number of benzene rings is 1. The summed E-state index contributed by atoms with van der Waals surface area (Å²) in [5.41, 5.74) is 2.08. The maximum atomic E-state index is 12.8. The lowest BCUT2D eigenvalue weighted by molar-refractivity contribution is 0.254. The van der Waals surface area contributed by atoms with Crippen molar-refractivity contribution in [1.82, 2.24) is 30.2 Å². The molecule has 1 fully saturated rings. The highest BCUT2D eigenvalue weighted by Crippen LogP contribution is 2.25. The van der Waals surface area contributed by atoms with Crippen molar-refractivity contribution in [2.75, 3.05) is 36.4 Å². The zero-order valence-corrected chi connectivity index (χ0v) is 20.2. The summed E-state index contributed by atoms with van der Waals surface area (Å²) in [7, 11) is 0. The minimum atomic E-state index is -0.477. The van der Waals surface area contributed by atoms with Crippen LogP contribution in [0.3, 0.4) is 0 Å². The normalized spacial score (nSPS) is 14.2. The second-order valence-electron chi connectivity index (χ2n) is 7.62. The van der Waals surface area contributed by atoms with E-state index in [1.807, 2.05) is 24.8 Å². The molecule has 2 aromatic heterocycles. The molecule has 0 unspecified atom stereocenters. The molecule has 176 valence electrons. The van der Waals surface area contributed by atoms with Gasteiger partial charge in [-0.15, -0.1) is 0 Å². The van der Waals surface area contributed by atoms with E-state index < -0.39 is 6.03 Å². The SMILES string of the molecule is Cc1cc(C)nc(/N=C(\NC(=O)Nc2ccc(Cl)c(Cl)c2)N2CCN(c3ncccn3)CC2)n1. The Bertz CT molecular complexity index is 1180. The van der Waals surface area contributed by atoms with Crippen LogP contribution in [0.15, 0.2) is 47.7 Å². The molecule has 1 saturated heterocycles. The van der Waals surface area contributed by atoms with Crippen LogP contribution in [0.2, 0.25) is 10.0 Å². The predicted molar refractivity (Wildman–Crippen MR) is 133 cm³/mol. The topological polar surface area (TPSA) is 112 Å². The van der Waals surface area contributed by atoms with Gasteiger partial charge in [-0.2, -0.15) is 4.99 Å². The molecule has 34 heavy (non-hydrogen) atoms. The number of urea groups is 1.